The Labute approximate surface area is 119 Å². The highest BCUT2D eigenvalue weighted by Crippen LogP contribution is 2.36. The first-order valence-electron chi connectivity index (χ1n) is 5.26. The third kappa shape index (κ3) is 2.74. The van der Waals surface area contributed by atoms with Gasteiger partial charge in [0.1, 0.15) is 0 Å². The van der Waals surface area contributed by atoms with E-state index in [1.807, 2.05) is 25.1 Å². The second kappa shape index (κ2) is 5.11. The minimum Gasteiger partial charge on any atom is -0.320 e. The zero-order valence-electron chi connectivity index (χ0n) is 9.63. The van der Waals surface area contributed by atoms with Gasteiger partial charge in [-0.2, -0.15) is 0 Å². The largest absolute Gasteiger partial charge is 0.320 e. The van der Waals surface area contributed by atoms with Gasteiger partial charge in [-0.05, 0) is 53.0 Å². The van der Waals surface area contributed by atoms with Crippen LogP contribution in [0.4, 0.5) is 0 Å². The van der Waals surface area contributed by atoms with Crippen LogP contribution in [-0.2, 0) is 0 Å². The molecule has 4 heteroatoms. The fraction of sp³-hybridized carbons (Fsp3) is 0.231. The monoisotopic (exact) mass is 329 g/mol. The molecule has 0 aliphatic carbocycles. The quantitative estimate of drug-likeness (QED) is 0.838. The van der Waals surface area contributed by atoms with E-state index in [0.29, 0.717) is 0 Å². The Bertz CT molecular complexity index is 550. The molecule has 1 aromatic heterocycles. The molecule has 1 heterocycles. The average Bonchev–Trinajstić information content (AvgIpc) is 2.57. The third-order valence-corrected chi connectivity index (χ3v) is 4.99. The molecule has 2 rings (SSSR count). The Kier molecular flexibility index (Phi) is 3.93. The van der Waals surface area contributed by atoms with Crippen LogP contribution >= 0.6 is 38.9 Å². The van der Waals surface area contributed by atoms with Crippen LogP contribution in [0.5, 0.6) is 0 Å². The van der Waals surface area contributed by atoms with Gasteiger partial charge >= 0.3 is 0 Å². The van der Waals surface area contributed by atoms with Gasteiger partial charge in [-0.15, -0.1) is 11.3 Å². The van der Waals surface area contributed by atoms with E-state index in [2.05, 4.69) is 28.9 Å². The second-order valence-electron chi connectivity index (χ2n) is 4.07. The van der Waals surface area contributed by atoms with Gasteiger partial charge in [-0.3, -0.25) is 0 Å². The fourth-order valence-corrected chi connectivity index (χ4v) is 4.01. The number of thiophene rings is 1. The molecule has 2 N–H and O–H groups in total. The maximum Gasteiger partial charge on any atom is 0.0672 e. The predicted molar refractivity (Wildman–Crippen MR) is 79.0 cm³/mol. The lowest BCUT2D eigenvalue weighted by molar-refractivity contribution is 0.888. The summed E-state index contributed by atoms with van der Waals surface area (Å²) >= 11 is 11.5. The van der Waals surface area contributed by atoms with Crippen LogP contribution < -0.4 is 5.73 Å². The van der Waals surface area contributed by atoms with Gasteiger partial charge in [0.05, 0.1) is 6.04 Å². The summed E-state index contributed by atoms with van der Waals surface area (Å²) in [6, 6.07) is 7.91. The van der Waals surface area contributed by atoms with Gasteiger partial charge in [-0.25, -0.2) is 0 Å². The predicted octanol–water partition coefficient (Wildman–Crippen LogP) is 4.83. The third-order valence-electron chi connectivity index (χ3n) is 2.61. The molecular formula is C13H13BrClNS. The lowest BCUT2D eigenvalue weighted by atomic mass is 10.0. The molecule has 0 amide bonds. The van der Waals surface area contributed by atoms with Gasteiger partial charge in [0.25, 0.3) is 0 Å². The highest BCUT2D eigenvalue weighted by atomic mass is 79.9. The van der Waals surface area contributed by atoms with Crippen molar-refractivity contribution in [3.63, 3.8) is 0 Å². The van der Waals surface area contributed by atoms with Crippen molar-refractivity contribution >= 4 is 38.9 Å². The highest BCUT2D eigenvalue weighted by molar-refractivity contribution is 9.10. The van der Waals surface area contributed by atoms with Gasteiger partial charge in [0.15, 0.2) is 0 Å². The van der Waals surface area contributed by atoms with E-state index in [1.54, 1.807) is 11.3 Å². The summed E-state index contributed by atoms with van der Waals surface area (Å²) in [7, 11) is 0. The fourth-order valence-electron chi connectivity index (χ4n) is 1.74. The molecule has 0 aliphatic rings. The van der Waals surface area contributed by atoms with E-state index in [9.17, 15) is 0 Å². The molecule has 0 aliphatic heterocycles. The van der Waals surface area contributed by atoms with E-state index in [-0.39, 0.29) is 6.04 Å². The summed E-state index contributed by atoms with van der Waals surface area (Å²) in [5.74, 6) is 0. The Balaban J connectivity index is 2.43. The van der Waals surface area contributed by atoms with Crippen LogP contribution in [0.3, 0.4) is 0 Å². The number of aryl methyl sites for hydroxylation is 2. The second-order valence-corrected chi connectivity index (χ2v) is 6.62. The maximum absolute atomic E-state index is 6.28. The van der Waals surface area contributed by atoms with Gasteiger partial charge in [-0.1, -0.05) is 23.7 Å². The smallest absolute Gasteiger partial charge is 0.0672 e. The van der Waals surface area contributed by atoms with E-state index in [1.165, 1.54) is 4.88 Å². The molecule has 1 nitrogen and oxygen atoms in total. The van der Waals surface area contributed by atoms with Crippen molar-refractivity contribution in [1.82, 2.24) is 0 Å². The number of hydrogen-bond donors (Lipinski definition) is 1. The Morgan fingerprint density at radius 3 is 2.53 bits per heavy atom. The number of hydrogen-bond acceptors (Lipinski definition) is 2. The first-order valence-corrected chi connectivity index (χ1v) is 7.25. The highest BCUT2D eigenvalue weighted by Gasteiger charge is 2.17. The number of benzene rings is 1. The number of nitrogens with two attached hydrogens (primary N) is 1. The molecule has 0 radical (unpaired) electrons. The van der Waals surface area contributed by atoms with Crippen LogP contribution in [0, 0.1) is 13.8 Å². The summed E-state index contributed by atoms with van der Waals surface area (Å²) in [6.07, 6.45) is 0. The maximum atomic E-state index is 6.28. The Hall–Kier alpha value is -0.350. The molecule has 17 heavy (non-hydrogen) atoms. The van der Waals surface area contributed by atoms with Crippen molar-refractivity contribution < 1.29 is 0 Å². The first kappa shape index (κ1) is 13.1. The normalized spacial score (nSPS) is 12.8. The van der Waals surface area contributed by atoms with Gasteiger partial charge in [0.2, 0.25) is 0 Å². The molecule has 90 valence electrons. The van der Waals surface area contributed by atoms with E-state index in [4.69, 9.17) is 17.3 Å². The van der Waals surface area contributed by atoms with Crippen molar-refractivity contribution in [2.24, 2.45) is 5.73 Å². The van der Waals surface area contributed by atoms with E-state index < -0.39 is 0 Å². The van der Waals surface area contributed by atoms with Gasteiger partial charge < -0.3 is 5.73 Å². The molecule has 0 saturated carbocycles. The Morgan fingerprint density at radius 1 is 1.29 bits per heavy atom. The lowest BCUT2D eigenvalue weighted by Gasteiger charge is -2.13. The molecule has 0 saturated heterocycles. The SMILES string of the molecule is Cc1ccc(C(N)c2sc(C)cc2Br)c(Cl)c1. The van der Waals surface area contributed by atoms with Crippen molar-refractivity contribution in [2.75, 3.05) is 0 Å². The van der Waals surface area contributed by atoms with Crippen molar-refractivity contribution in [3.05, 3.63) is 54.6 Å². The molecule has 1 atom stereocenters. The van der Waals surface area contributed by atoms with Crippen LogP contribution in [-0.4, -0.2) is 0 Å². The van der Waals surface area contributed by atoms with E-state index >= 15 is 0 Å². The van der Waals surface area contributed by atoms with E-state index in [0.717, 1.165) is 25.5 Å². The minimum atomic E-state index is -0.170. The standard InChI is InChI=1S/C13H13BrClNS/c1-7-3-4-9(11(15)5-7)12(16)13-10(14)6-8(2)17-13/h3-6,12H,16H2,1-2H3. The molecule has 0 bridgehead atoms. The van der Waals surface area contributed by atoms with Crippen LogP contribution in [0.15, 0.2) is 28.7 Å². The summed E-state index contributed by atoms with van der Waals surface area (Å²) in [5.41, 5.74) is 8.40. The summed E-state index contributed by atoms with van der Waals surface area (Å²) < 4.78 is 1.06. The number of rotatable bonds is 2. The topological polar surface area (TPSA) is 26.0 Å². The molecule has 0 spiro atoms. The van der Waals surface area contributed by atoms with Crippen molar-refractivity contribution in [1.29, 1.82) is 0 Å². The number of halogens is 2. The zero-order valence-corrected chi connectivity index (χ0v) is 12.8. The average molecular weight is 331 g/mol. The van der Waals surface area contributed by atoms with Crippen molar-refractivity contribution in [3.8, 4) is 0 Å². The van der Waals surface area contributed by atoms with Crippen LogP contribution in [0.25, 0.3) is 0 Å². The van der Waals surface area contributed by atoms with Crippen LogP contribution in [0.1, 0.15) is 26.9 Å². The Morgan fingerprint density at radius 2 is 2.00 bits per heavy atom. The van der Waals surface area contributed by atoms with Crippen LogP contribution in [0.2, 0.25) is 5.02 Å². The lowest BCUT2D eigenvalue weighted by Crippen LogP contribution is -2.11. The molecular weight excluding hydrogens is 318 g/mol. The summed E-state index contributed by atoms with van der Waals surface area (Å²) in [5, 5.41) is 0.732. The molecule has 1 aromatic carbocycles. The summed E-state index contributed by atoms with van der Waals surface area (Å²) in [6.45, 7) is 4.09. The molecule has 0 fully saturated rings. The minimum absolute atomic E-state index is 0.170. The molecule has 1 unspecified atom stereocenters. The van der Waals surface area contributed by atoms with Crippen molar-refractivity contribution in [2.45, 2.75) is 19.9 Å². The van der Waals surface area contributed by atoms with Gasteiger partial charge in [0, 0.05) is 19.2 Å². The summed E-state index contributed by atoms with van der Waals surface area (Å²) in [4.78, 5) is 2.36. The first-order chi connectivity index (χ1) is 7.99. The zero-order chi connectivity index (χ0) is 12.6. The molecule has 2 aromatic rings.